The second-order valence-electron chi connectivity index (χ2n) is 8.64. The van der Waals surface area contributed by atoms with E-state index in [1.807, 2.05) is 0 Å². The molecule has 0 N–H and O–H groups in total. The Morgan fingerprint density at radius 1 is 1.06 bits per heavy atom. The summed E-state index contributed by atoms with van der Waals surface area (Å²) in [5, 5.41) is 0. The number of rotatable bonds is 4. The second-order valence-corrected chi connectivity index (χ2v) is 8.64. The lowest BCUT2D eigenvalue weighted by Crippen LogP contribution is -2.48. The maximum atomic E-state index is 13.6. The normalized spacial score (nSPS) is 19.1. The molecule has 2 amide bonds. The van der Waals surface area contributed by atoms with E-state index < -0.39 is 47.9 Å². The molecule has 1 heterocycles. The summed E-state index contributed by atoms with van der Waals surface area (Å²) in [5.74, 6) is -0.439. The quantitative estimate of drug-likeness (QED) is 0.439. The van der Waals surface area contributed by atoms with Gasteiger partial charge in [-0.15, -0.1) is 0 Å². The number of hydrogen-bond donors (Lipinski definition) is 0. The highest BCUT2D eigenvalue weighted by molar-refractivity contribution is 5.75. The molecule has 0 unspecified atom stereocenters. The molecule has 1 saturated heterocycles. The van der Waals surface area contributed by atoms with Crippen LogP contribution in [0.2, 0.25) is 0 Å². The van der Waals surface area contributed by atoms with Gasteiger partial charge in [0, 0.05) is 27.2 Å². The third-order valence-electron chi connectivity index (χ3n) is 6.12. The van der Waals surface area contributed by atoms with Crippen molar-refractivity contribution in [2.24, 2.45) is 0 Å². The molecular formula is C24H25F7N2O2. The van der Waals surface area contributed by atoms with Gasteiger partial charge in [0.1, 0.15) is 5.82 Å². The lowest BCUT2D eigenvalue weighted by Gasteiger charge is -2.41. The van der Waals surface area contributed by atoms with Crippen LogP contribution in [0.25, 0.3) is 0 Å². The first-order chi connectivity index (χ1) is 16.2. The molecule has 1 fully saturated rings. The van der Waals surface area contributed by atoms with Gasteiger partial charge in [-0.05, 0) is 66.8 Å². The highest BCUT2D eigenvalue weighted by atomic mass is 19.4. The largest absolute Gasteiger partial charge is 0.416 e. The topological polar surface area (TPSA) is 32.8 Å². The molecule has 2 atom stereocenters. The van der Waals surface area contributed by atoms with Crippen LogP contribution in [0, 0.1) is 12.7 Å². The number of ether oxygens (including phenoxy) is 1. The van der Waals surface area contributed by atoms with Crippen LogP contribution in [0.15, 0.2) is 36.4 Å². The van der Waals surface area contributed by atoms with Gasteiger partial charge in [-0.2, -0.15) is 26.3 Å². The molecule has 1 aliphatic heterocycles. The molecule has 0 radical (unpaired) electrons. The third-order valence-corrected chi connectivity index (χ3v) is 6.12. The first kappa shape index (κ1) is 26.8. The molecule has 35 heavy (non-hydrogen) atoms. The molecular weight excluding hydrogens is 481 g/mol. The number of methoxy groups -OCH3 is 1. The average Bonchev–Trinajstić information content (AvgIpc) is 2.77. The summed E-state index contributed by atoms with van der Waals surface area (Å²) < 4.78 is 98.3. The van der Waals surface area contributed by atoms with Crippen molar-refractivity contribution in [2.75, 3.05) is 20.7 Å². The first-order valence-corrected chi connectivity index (χ1v) is 10.8. The van der Waals surface area contributed by atoms with Gasteiger partial charge in [-0.1, -0.05) is 6.07 Å². The summed E-state index contributed by atoms with van der Waals surface area (Å²) in [7, 11) is 2.85. The number of halogens is 7. The Kier molecular flexibility index (Phi) is 7.68. The maximum absolute atomic E-state index is 13.6. The summed E-state index contributed by atoms with van der Waals surface area (Å²) in [6.07, 6.45) is -9.23. The smallest absolute Gasteiger partial charge is 0.381 e. The van der Waals surface area contributed by atoms with E-state index in [0.29, 0.717) is 36.1 Å². The van der Waals surface area contributed by atoms with Gasteiger partial charge in [0.15, 0.2) is 0 Å². The van der Waals surface area contributed by atoms with Crippen LogP contribution >= 0.6 is 0 Å². The first-order valence-electron chi connectivity index (χ1n) is 10.8. The predicted octanol–water partition coefficient (Wildman–Crippen LogP) is 6.58. The van der Waals surface area contributed by atoms with Gasteiger partial charge < -0.3 is 14.5 Å². The lowest BCUT2D eigenvalue weighted by molar-refractivity contribution is -0.143. The Morgan fingerprint density at radius 3 is 2.17 bits per heavy atom. The molecule has 11 heteroatoms. The minimum absolute atomic E-state index is 0.0498. The molecule has 0 spiro atoms. The number of likely N-dealkylation sites (tertiary alicyclic amines) is 1. The number of benzene rings is 2. The van der Waals surface area contributed by atoms with Crippen molar-refractivity contribution in [3.63, 3.8) is 0 Å². The van der Waals surface area contributed by atoms with Crippen LogP contribution in [0.3, 0.4) is 0 Å². The van der Waals surface area contributed by atoms with Gasteiger partial charge in [0.25, 0.3) is 0 Å². The summed E-state index contributed by atoms with van der Waals surface area (Å²) >= 11 is 0. The molecule has 3 rings (SSSR count). The van der Waals surface area contributed by atoms with Crippen LogP contribution < -0.4 is 0 Å². The number of carbonyl (C=O) groups excluding carboxylic acids is 1. The summed E-state index contributed by atoms with van der Waals surface area (Å²) in [4.78, 5) is 15.9. The maximum Gasteiger partial charge on any atom is 0.416 e. The van der Waals surface area contributed by atoms with Crippen LogP contribution in [-0.2, 0) is 23.6 Å². The van der Waals surface area contributed by atoms with Crippen molar-refractivity contribution in [3.8, 4) is 0 Å². The molecule has 0 bridgehead atoms. The van der Waals surface area contributed by atoms with Gasteiger partial charge >= 0.3 is 18.4 Å². The van der Waals surface area contributed by atoms with Crippen molar-refractivity contribution in [1.82, 2.24) is 9.80 Å². The van der Waals surface area contributed by atoms with Crippen molar-refractivity contribution >= 4 is 6.03 Å². The standard InChI is InChI=1S/C24H25F7N2O2/c1-14-8-18(25)4-5-20(14)21-12-19(35-3)6-7-33(21)22(34)32(2)13-15-9-16(23(26,27)28)11-17(10-15)24(29,30)31/h4-5,8-11,19,21H,6-7,12-13H2,1-3H3/t19-,21+/m1/s1. The number of amides is 2. The molecule has 2 aromatic carbocycles. The molecule has 192 valence electrons. The van der Waals surface area contributed by atoms with E-state index in [-0.39, 0.29) is 24.3 Å². The van der Waals surface area contributed by atoms with E-state index in [4.69, 9.17) is 4.74 Å². The molecule has 4 nitrogen and oxygen atoms in total. The number of hydrogen-bond acceptors (Lipinski definition) is 2. The van der Waals surface area contributed by atoms with Crippen molar-refractivity contribution in [1.29, 1.82) is 0 Å². The molecule has 2 aromatic rings. The average molecular weight is 506 g/mol. The Morgan fingerprint density at radius 2 is 1.66 bits per heavy atom. The molecule has 0 saturated carbocycles. The fourth-order valence-corrected chi connectivity index (χ4v) is 4.36. The van der Waals surface area contributed by atoms with Crippen LogP contribution in [-0.4, -0.2) is 42.6 Å². The van der Waals surface area contributed by atoms with Gasteiger partial charge in [-0.25, -0.2) is 9.18 Å². The second kappa shape index (κ2) is 10.0. The number of nitrogens with zero attached hydrogens (tertiary/aromatic N) is 2. The molecule has 0 aliphatic carbocycles. The van der Waals surface area contributed by atoms with E-state index in [2.05, 4.69) is 0 Å². The highest BCUT2D eigenvalue weighted by Crippen LogP contribution is 2.38. The van der Waals surface area contributed by atoms with Gasteiger partial charge in [0.2, 0.25) is 0 Å². The number of carbonyl (C=O) groups is 1. The monoisotopic (exact) mass is 506 g/mol. The number of urea groups is 1. The number of aryl methyl sites for hydroxylation is 1. The summed E-state index contributed by atoms with van der Waals surface area (Å²) in [6, 6.07) is 4.36. The zero-order valence-electron chi connectivity index (χ0n) is 19.3. The third kappa shape index (κ3) is 6.25. The van der Waals surface area contributed by atoms with Crippen LogP contribution in [0.5, 0.6) is 0 Å². The van der Waals surface area contributed by atoms with Crippen molar-refractivity contribution in [2.45, 2.75) is 50.8 Å². The Hall–Kier alpha value is -2.82. The zero-order chi connectivity index (χ0) is 26.1. The molecule has 0 aromatic heterocycles. The Balaban J connectivity index is 1.90. The van der Waals surface area contributed by atoms with E-state index in [1.54, 1.807) is 13.0 Å². The molecule has 1 aliphatic rings. The predicted molar refractivity (Wildman–Crippen MR) is 114 cm³/mol. The van der Waals surface area contributed by atoms with Gasteiger partial charge in [0.05, 0.1) is 23.3 Å². The Bertz CT molecular complexity index is 1040. The van der Waals surface area contributed by atoms with Crippen LogP contribution in [0.4, 0.5) is 35.5 Å². The SMILES string of the molecule is CO[C@@H]1CCN(C(=O)N(C)Cc2cc(C(F)(F)F)cc(C(F)(F)F)c2)[C@H](c2ccc(F)cc2C)C1. The fraction of sp³-hybridized carbons (Fsp3) is 0.458. The minimum atomic E-state index is -4.98. The zero-order valence-corrected chi connectivity index (χ0v) is 19.3. The van der Waals surface area contributed by atoms with E-state index in [9.17, 15) is 35.5 Å². The fourth-order valence-electron chi connectivity index (χ4n) is 4.36. The van der Waals surface area contributed by atoms with E-state index in [1.165, 1.54) is 31.2 Å². The number of alkyl halides is 6. The summed E-state index contributed by atoms with van der Waals surface area (Å²) in [5.41, 5.74) is -1.88. The van der Waals surface area contributed by atoms with E-state index in [0.717, 1.165) is 4.90 Å². The Labute approximate surface area is 198 Å². The number of piperidine rings is 1. The van der Waals surface area contributed by atoms with Gasteiger partial charge in [-0.3, -0.25) is 0 Å². The van der Waals surface area contributed by atoms with Crippen LogP contribution in [0.1, 0.15) is 46.7 Å². The van der Waals surface area contributed by atoms with Crippen molar-refractivity contribution in [3.05, 3.63) is 70.0 Å². The summed E-state index contributed by atoms with van der Waals surface area (Å²) in [6.45, 7) is 1.48. The van der Waals surface area contributed by atoms with E-state index >= 15 is 0 Å². The highest BCUT2D eigenvalue weighted by Gasteiger charge is 2.38. The lowest BCUT2D eigenvalue weighted by atomic mass is 9.90. The van der Waals surface area contributed by atoms with Crippen molar-refractivity contribution < 1.29 is 40.3 Å². The minimum Gasteiger partial charge on any atom is -0.381 e.